The van der Waals surface area contributed by atoms with Gasteiger partial charge in [-0.2, -0.15) is 0 Å². The van der Waals surface area contributed by atoms with E-state index in [-0.39, 0.29) is 11.5 Å². The van der Waals surface area contributed by atoms with E-state index in [1.54, 1.807) is 0 Å². The first-order valence-electron chi connectivity index (χ1n) is 6.03. The maximum absolute atomic E-state index is 10.8. The lowest BCUT2D eigenvalue weighted by atomic mass is 10.0. The van der Waals surface area contributed by atoms with Crippen molar-refractivity contribution in [2.45, 2.75) is 12.5 Å². The van der Waals surface area contributed by atoms with Crippen LogP contribution in [-0.4, -0.2) is 22.7 Å². The van der Waals surface area contributed by atoms with Gasteiger partial charge in [0.2, 0.25) is 5.76 Å². The lowest BCUT2D eigenvalue weighted by molar-refractivity contribution is 0.0655. The quantitative estimate of drug-likeness (QED) is 0.785. The highest BCUT2D eigenvalue weighted by atomic mass is 16.4. The third kappa shape index (κ3) is 1.98. The molecule has 1 aromatic heterocycles. The van der Waals surface area contributed by atoms with Crippen LogP contribution < -0.4 is 5.32 Å². The Balaban J connectivity index is 1.97. The molecule has 0 bridgehead atoms. The zero-order valence-electron chi connectivity index (χ0n) is 10.1. The molecule has 3 N–H and O–H groups in total. The van der Waals surface area contributed by atoms with Gasteiger partial charge >= 0.3 is 5.97 Å². The Morgan fingerprint density at radius 3 is 2.89 bits per heavy atom. The molecule has 5 nitrogen and oxygen atoms in total. The number of anilines is 1. The van der Waals surface area contributed by atoms with Crippen molar-refractivity contribution in [1.29, 1.82) is 0 Å². The van der Waals surface area contributed by atoms with Crippen LogP contribution in [0.5, 0.6) is 0 Å². The second-order valence-electron chi connectivity index (χ2n) is 4.47. The first kappa shape index (κ1) is 11.8. The Kier molecular flexibility index (Phi) is 2.76. The molecule has 1 unspecified atom stereocenters. The van der Waals surface area contributed by atoms with Gasteiger partial charge in [0.05, 0.1) is 0 Å². The zero-order valence-corrected chi connectivity index (χ0v) is 10.1. The van der Waals surface area contributed by atoms with Crippen LogP contribution >= 0.6 is 0 Å². The predicted molar refractivity (Wildman–Crippen MR) is 68.4 cm³/mol. The number of carboxylic acids is 1. The molecule has 0 fully saturated rings. The standard InChI is InChI=1S/C14H13NO4/c16-13(10-4-5-11(19-10)14(17)18)9-3-1-2-8-6-7-15-12(8)9/h1-5,13,15-16H,6-7H2,(H,17,18). The van der Waals surface area contributed by atoms with E-state index in [4.69, 9.17) is 9.52 Å². The number of carboxylic acid groups (broad SMARTS) is 1. The SMILES string of the molecule is O=C(O)c1ccc(C(O)c2cccc3c2NCC3)o1. The second kappa shape index (κ2) is 4.44. The summed E-state index contributed by atoms with van der Waals surface area (Å²) < 4.78 is 5.14. The Labute approximate surface area is 109 Å². The van der Waals surface area contributed by atoms with Gasteiger partial charge in [-0.1, -0.05) is 18.2 Å². The fraction of sp³-hybridized carbons (Fsp3) is 0.214. The molecular weight excluding hydrogens is 246 g/mol. The van der Waals surface area contributed by atoms with Crippen LogP contribution in [0.15, 0.2) is 34.7 Å². The highest BCUT2D eigenvalue weighted by Crippen LogP contribution is 2.34. The van der Waals surface area contributed by atoms with E-state index in [9.17, 15) is 9.90 Å². The molecule has 0 saturated carbocycles. The molecule has 2 heterocycles. The second-order valence-corrected chi connectivity index (χ2v) is 4.47. The number of aliphatic hydroxyl groups is 1. The van der Waals surface area contributed by atoms with Gasteiger partial charge in [0.15, 0.2) is 0 Å². The fourth-order valence-electron chi connectivity index (χ4n) is 2.36. The van der Waals surface area contributed by atoms with Crippen molar-refractivity contribution in [3.05, 3.63) is 53.0 Å². The molecule has 1 aliphatic heterocycles. The smallest absolute Gasteiger partial charge is 0.371 e. The topological polar surface area (TPSA) is 82.7 Å². The van der Waals surface area contributed by atoms with Crippen molar-refractivity contribution in [3.8, 4) is 0 Å². The number of para-hydroxylation sites is 1. The Morgan fingerprint density at radius 2 is 2.16 bits per heavy atom. The summed E-state index contributed by atoms with van der Waals surface area (Å²) in [5.41, 5.74) is 2.78. The Hall–Kier alpha value is -2.27. The third-order valence-electron chi connectivity index (χ3n) is 3.28. The number of nitrogens with one attached hydrogen (secondary N) is 1. The lowest BCUT2D eigenvalue weighted by Gasteiger charge is -2.13. The Bertz CT molecular complexity index is 632. The molecule has 0 aliphatic carbocycles. The summed E-state index contributed by atoms with van der Waals surface area (Å²) in [6.07, 6.45) is -0.0392. The maximum Gasteiger partial charge on any atom is 0.371 e. The number of benzene rings is 1. The third-order valence-corrected chi connectivity index (χ3v) is 3.28. The van der Waals surface area contributed by atoms with Gasteiger partial charge in [0.25, 0.3) is 0 Å². The number of rotatable bonds is 3. The van der Waals surface area contributed by atoms with Crippen molar-refractivity contribution in [2.75, 3.05) is 11.9 Å². The molecule has 0 spiro atoms. The average Bonchev–Trinajstić information content (AvgIpc) is 3.06. The average molecular weight is 259 g/mol. The molecule has 19 heavy (non-hydrogen) atoms. The lowest BCUT2D eigenvalue weighted by Crippen LogP contribution is -2.03. The Morgan fingerprint density at radius 1 is 1.32 bits per heavy atom. The molecule has 0 saturated heterocycles. The summed E-state index contributed by atoms with van der Waals surface area (Å²) in [6, 6.07) is 8.53. The van der Waals surface area contributed by atoms with Crippen LogP contribution in [0.25, 0.3) is 0 Å². The van der Waals surface area contributed by atoms with E-state index in [1.165, 1.54) is 12.1 Å². The molecular formula is C14H13NO4. The zero-order chi connectivity index (χ0) is 13.4. The fourth-order valence-corrected chi connectivity index (χ4v) is 2.36. The van der Waals surface area contributed by atoms with E-state index in [0.717, 1.165) is 24.2 Å². The minimum absolute atomic E-state index is 0.172. The van der Waals surface area contributed by atoms with Crippen LogP contribution in [-0.2, 0) is 6.42 Å². The van der Waals surface area contributed by atoms with Crippen LogP contribution in [0.1, 0.15) is 33.5 Å². The maximum atomic E-state index is 10.8. The largest absolute Gasteiger partial charge is 0.475 e. The highest BCUT2D eigenvalue weighted by molar-refractivity contribution is 5.84. The first-order valence-corrected chi connectivity index (χ1v) is 6.03. The molecule has 3 rings (SSSR count). The molecule has 2 aromatic rings. The monoisotopic (exact) mass is 259 g/mol. The van der Waals surface area contributed by atoms with E-state index in [2.05, 4.69) is 5.32 Å². The van der Waals surface area contributed by atoms with Gasteiger partial charge in [0.1, 0.15) is 11.9 Å². The van der Waals surface area contributed by atoms with Crippen molar-refractivity contribution in [1.82, 2.24) is 0 Å². The van der Waals surface area contributed by atoms with Crippen molar-refractivity contribution in [2.24, 2.45) is 0 Å². The summed E-state index contributed by atoms with van der Waals surface area (Å²) in [4.78, 5) is 10.8. The number of hydrogen-bond acceptors (Lipinski definition) is 4. The van der Waals surface area contributed by atoms with E-state index < -0.39 is 12.1 Å². The summed E-state index contributed by atoms with van der Waals surface area (Å²) >= 11 is 0. The van der Waals surface area contributed by atoms with Gasteiger partial charge < -0.3 is 19.9 Å². The first-order chi connectivity index (χ1) is 9.16. The van der Waals surface area contributed by atoms with Gasteiger partial charge in [-0.25, -0.2) is 4.79 Å². The van der Waals surface area contributed by atoms with Gasteiger partial charge in [0, 0.05) is 17.8 Å². The molecule has 1 aliphatic rings. The number of aliphatic hydroxyl groups excluding tert-OH is 1. The van der Waals surface area contributed by atoms with Crippen LogP contribution in [0.4, 0.5) is 5.69 Å². The van der Waals surface area contributed by atoms with Gasteiger partial charge in [-0.05, 0) is 24.1 Å². The van der Waals surface area contributed by atoms with E-state index in [1.807, 2.05) is 18.2 Å². The van der Waals surface area contributed by atoms with Crippen LogP contribution in [0.3, 0.4) is 0 Å². The molecule has 98 valence electrons. The number of furan rings is 1. The molecule has 1 aromatic carbocycles. The molecule has 5 heteroatoms. The highest BCUT2D eigenvalue weighted by Gasteiger charge is 2.23. The number of carbonyl (C=O) groups is 1. The molecule has 0 amide bonds. The summed E-state index contributed by atoms with van der Waals surface area (Å²) in [5.74, 6) is -1.08. The number of fused-ring (bicyclic) bond motifs is 1. The van der Waals surface area contributed by atoms with Crippen molar-refractivity contribution >= 4 is 11.7 Å². The number of hydrogen-bond donors (Lipinski definition) is 3. The van der Waals surface area contributed by atoms with E-state index >= 15 is 0 Å². The van der Waals surface area contributed by atoms with Crippen molar-refractivity contribution < 1.29 is 19.4 Å². The van der Waals surface area contributed by atoms with Crippen LogP contribution in [0.2, 0.25) is 0 Å². The van der Waals surface area contributed by atoms with Crippen LogP contribution in [0, 0.1) is 0 Å². The molecule has 0 radical (unpaired) electrons. The minimum Gasteiger partial charge on any atom is -0.475 e. The van der Waals surface area contributed by atoms with Gasteiger partial charge in [-0.3, -0.25) is 0 Å². The number of aromatic carboxylic acids is 1. The summed E-state index contributed by atoms with van der Waals surface area (Å²) in [7, 11) is 0. The van der Waals surface area contributed by atoms with Crippen molar-refractivity contribution in [3.63, 3.8) is 0 Å². The summed E-state index contributed by atoms with van der Waals surface area (Å²) in [6.45, 7) is 0.845. The predicted octanol–water partition coefficient (Wildman–Crippen LogP) is 2.03. The van der Waals surface area contributed by atoms with E-state index in [0.29, 0.717) is 5.56 Å². The normalized spacial score (nSPS) is 14.8. The minimum atomic E-state index is -1.14. The molecule has 1 atom stereocenters. The van der Waals surface area contributed by atoms with Gasteiger partial charge in [-0.15, -0.1) is 0 Å². The summed E-state index contributed by atoms with van der Waals surface area (Å²) in [5, 5.41) is 22.4.